The zero-order valence-corrected chi connectivity index (χ0v) is 15.4. The molecule has 27 heavy (non-hydrogen) atoms. The molecule has 0 saturated carbocycles. The van der Waals surface area contributed by atoms with Crippen LogP contribution in [0.15, 0.2) is 42.5 Å². The van der Waals surface area contributed by atoms with Crippen LogP contribution in [0, 0.1) is 0 Å². The van der Waals surface area contributed by atoms with Crippen LogP contribution in [0.3, 0.4) is 0 Å². The van der Waals surface area contributed by atoms with Gasteiger partial charge in [0.1, 0.15) is 0 Å². The maximum absolute atomic E-state index is 12.2. The van der Waals surface area contributed by atoms with Crippen molar-refractivity contribution in [1.82, 2.24) is 0 Å². The molecule has 0 unspecified atom stereocenters. The lowest BCUT2D eigenvalue weighted by molar-refractivity contribution is -0.141. The van der Waals surface area contributed by atoms with Gasteiger partial charge in [-0.3, -0.25) is 14.4 Å². The van der Waals surface area contributed by atoms with Crippen LogP contribution >= 0.6 is 0 Å². The van der Waals surface area contributed by atoms with Crippen molar-refractivity contribution in [2.24, 2.45) is 0 Å². The Kier molecular flexibility index (Phi) is 6.93. The molecule has 0 spiro atoms. The molecule has 0 aromatic heterocycles. The second kappa shape index (κ2) is 9.38. The van der Waals surface area contributed by atoms with Crippen LogP contribution in [-0.4, -0.2) is 38.5 Å². The number of rotatable bonds is 8. The molecular formula is C20H21NO6. The van der Waals surface area contributed by atoms with E-state index in [1.54, 1.807) is 36.4 Å². The fourth-order valence-electron chi connectivity index (χ4n) is 2.37. The van der Waals surface area contributed by atoms with Crippen LogP contribution in [0.25, 0.3) is 0 Å². The summed E-state index contributed by atoms with van der Waals surface area (Å²) < 4.78 is 15.3. The van der Waals surface area contributed by atoms with Crippen molar-refractivity contribution in [2.75, 3.05) is 26.1 Å². The zero-order valence-electron chi connectivity index (χ0n) is 15.4. The fourth-order valence-corrected chi connectivity index (χ4v) is 2.37. The van der Waals surface area contributed by atoms with Gasteiger partial charge in [-0.05, 0) is 35.9 Å². The van der Waals surface area contributed by atoms with Crippen molar-refractivity contribution in [2.45, 2.75) is 13.3 Å². The molecule has 0 bridgehead atoms. The molecule has 0 aliphatic carbocycles. The van der Waals surface area contributed by atoms with Gasteiger partial charge in [-0.1, -0.05) is 12.1 Å². The highest BCUT2D eigenvalue weighted by atomic mass is 16.5. The highest BCUT2D eigenvalue weighted by molar-refractivity contribution is 5.98. The average Bonchev–Trinajstić information content (AvgIpc) is 2.66. The third kappa shape index (κ3) is 5.85. The SMILES string of the molecule is COc1ccc(C(=O)COC(=O)Cc2ccc(NC(C)=O)cc2)cc1OC. The summed E-state index contributed by atoms with van der Waals surface area (Å²) in [5.41, 5.74) is 1.72. The van der Waals surface area contributed by atoms with Gasteiger partial charge >= 0.3 is 5.97 Å². The Hall–Kier alpha value is -3.35. The molecule has 0 radical (unpaired) electrons. The van der Waals surface area contributed by atoms with E-state index in [9.17, 15) is 14.4 Å². The molecule has 0 atom stereocenters. The van der Waals surface area contributed by atoms with Gasteiger partial charge in [0.2, 0.25) is 5.91 Å². The smallest absolute Gasteiger partial charge is 0.310 e. The van der Waals surface area contributed by atoms with Crippen LogP contribution < -0.4 is 14.8 Å². The summed E-state index contributed by atoms with van der Waals surface area (Å²) in [6.07, 6.45) is 0.0273. The van der Waals surface area contributed by atoms with E-state index >= 15 is 0 Å². The summed E-state index contributed by atoms with van der Waals surface area (Å²) in [7, 11) is 2.98. The molecule has 0 saturated heterocycles. The fraction of sp³-hybridized carbons (Fsp3) is 0.250. The van der Waals surface area contributed by atoms with E-state index in [2.05, 4.69) is 5.32 Å². The van der Waals surface area contributed by atoms with Crippen molar-refractivity contribution in [3.05, 3.63) is 53.6 Å². The Bertz CT molecular complexity index is 829. The second-order valence-corrected chi connectivity index (χ2v) is 5.71. The first kappa shape index (κ1) is 20.0. The number of hydrogen-bond acceptors (Lipinski definition) is 6. The average molecular weight is 371 g/mol. The van der Waals surface area contributed by atoms with Crippen LogP contribution in [0.1, 0.15) is 22.8 Å². The molecule has 2 aromatic carbocycles. The number of esters is 1. The summed E-state index contributed by atoms with van der Waals surface area (Å²) in [5.74, 6) is -0.0973. The lowest BCUT2D eigenvalue weighted by atomic mass is 10.1. The van der Waals surface area contributed by atoms with E-state index in [1.165, 1.54) is 27.2 Å². The number of Topliss-reactive ketones (excluding diaryl/α,β-unsaturated/α-hetero) is 1. The second-order valence-electron chi connectivity index (χ2n) is 5.71. The molecular weight excluding hydrogens is 350 g/mol. The van der Waals surface area contributed by atoms with E-state index in [4.69, 9.17) is 14.2 Å². The largest absolute Gasteiger partial charge is 0.493 e. The van der Waals surface area contributed by atoms with E-state index < -0.39 is 5.97 Å². The van der Waals surface area contributed by atoms with Crippen molar-refractivity contribution in [3.63, 3.8) is 0 Å². The molecule has 1 amide bonds. The molecule has 1 N–H and O–H groups in total. The maximum atomic E-state index is 12.2. The van der Waals surface area contributed by atoms with Crippen molar-refractivity contribution in [3.8, 4) is 11.5 Å². The number of carbonyl (C=O) groups excluding carboxylic acids is 3. The standard InChI is InChI=1S/C20H21NO6/c1-13(22)21-16-7-4-14(5-8-16)10-20(24)27-12-17(23)15-6-9-18(25-2)19(11-15)26-3/h4-9,11H,10,12H2,1-3H3,(H,21,22). The number of anilines is 1. The number of nitrogens with one attached hydrogen (secondary N) is 1. The van der Waals surface area contributed by atoms with Crippen molar-refractivity contribution < 1.29 is 28.6 Å². The number of ketones is 1. The molecule has 0 fully saturated rings. The Morgan fingerprint density at radius 3 is 2.19 bits per heavy atom. The first-order valence-corrected chi connectivity index (χ1v) is 8.20. The minimum atomic E-state index is -0.517. The molecule has 7 heteroatoms. The number of carbonyl (C=O) groups is 3. The Morgan fingerprint density at radius 2 is 1.59 bits per heavy atom. The molecule has 0 aliphatic rings. The number of benzene rings is 2. The number of ether oxygens (including phenoxy) is 3. The highest BCUT2D eigenvalue weighted by Crippen LogP contribution is 2.27. The topological polar surface area (TPSA) is 90.9 Å². The Balaban J connectivity index is 1.89. The molecule has 2 rings (SSSR count). The van der Waals surface area contributed by atoms with Crippen LogP contribution in [-0.2, 0) is 20.7 Å². The van der Waals surface area contributed by atoms with Gasteiger partial charge in [-0.25, -0.2) is 0 Å². The van der Waals surface area contributed by atoms with Crippen LogP contribution in [0.4, 0.5) is 5.69 Å². The van der Waals surface area contributed by atoms with E-state index in [0.717, 1.165) is 0 Å². The number of hydrogen-bond donors (Lipinski definition) is 1. The van der Waals surface area contributed by atoms with Gasteiger partial charge in [0.05, 0.1) is 20.6 Å². The molecule has 142 valence electrons. The third-order valence-corrected chi connectivity index (χ3v) is 3.69. The lowest BCUT2D eigenvalue weighted by Gasteiger charge is -2.09. The lowest BCUT2D eigenvalue weighted by Crippen LogP contribution is -2.16. The van der Waals surface area contributed by atoms with E-state index in [0.29, 0.717) is 28.3 Å². The molecule has 2 aromatic rings. The summed E-state index contributed by atoms with van der Waals surface area (Å²) in [6, 6.07) is 11.5. The van der Waals surface area contributed by atoms with E-state index in [1.807, 2.05) is 0 Å². The van der Waals surface area contributed by atoms with Crippen molar-refractivity contribution >= 4 is 23.3 Å². The molecule has 7 nitrogen and oxygen atoms in total. The van der Waals surface area contributed by atoms with Crippen LogP contribution in [0.2, 0.25) is 0 Å². The number of amides is 1. The zero-order chi connectivity index (χ0) is 19.8. The summed E-state index contributed by atoms with van der Waals surface area (Å²) in [5, 5.41) is 2.64. The normalized spacial score (nSPS) is 10.0. The van der Waals surface area contributed by atoms with Gasteiger partial charge in [0.25, 0.3) is 0 Å². The quantitative estimate of drug-likeness (QED) is 0.567. The van der Waals surface area contributed by atoms with Gasteiger partial charge in [0, 0.05) is 18.2 Å². The monoisotopic (exact) mass is 371 g/mol. The first-order chi connectivity index (χ1) is 12.9. The van der Waals surface area contributed by atoms with Crippen molar-refractivity contribution in [1.29, 1.82) is 0 Å². The predicted molar refractivity (Wildman–Crippen MR) is 99.3 cm³/mol. The Morgan fingerprint density at radius 1 is 0.926 bits per heavy atom. The van der Waals surface area contributed by atoms with Gasteiger partial charge in [-0.15, -0.1) is 0 Å². The minimum Gasteiger partial charge on any atom is -0.493 e. The minimum absolute atomic E-state index is 0.0273. The Labute approximate surface area is 157 Å². The number of methoxy groups -OCH3 is 2. The predicted octanol–water partition coefficient (Wildman–Crippen LogP) is 2.63. The highest BCUT2D eigenvalue weighted by Gasteiger charge is 2.13. The molecule has 0 heterocycles. The summed E-state index contributed by atoms with van der Waals surface area (Å²) in [6.45, 7) is 1.05. The molecule has 0 aliphatic heterocycles. The van der Waals surface area contributed by atoms with Gasteiger partial charge in [-0.2, -0.15) is 0 Å². The third-order valence-electron chi connectivity index (χ3n) is 3.69. The maximum Gasteiger partial charge on any atom is 0.310 e. The van der Waals surface area contributed by atoms with Gasteiger partial charge < -0.3 is 19.5 Å². The van der Waals surface area contributed by atoms with Crippen LogP contribution in [0.5, 0.6) is 11.5 Å². The summed E-state index contributed by atoms with van der Waals surface area (Å²) >= 11 is 0. The first-order valence-electron chi connectivity index (χ1n) is 8.20. The summed E-state index contributed by atoms with van der Waals surface area (Å²) in [4.78, 5) is 35.1. The van der Waals surface area contributed by atoms with Gasteiger partial charge in [0.15, 0.2) is 23.9 Å². The van der Waals surface area contributed by atoms with E-state index in [-0.39, 0.29) is 24.7 Å².